The average molecular weight is 309 g/mol. The van der Waals surface area contributed by atoms with Crippen molar-refractivity contribution in [2.24, 2.45) is 5.92 Å². The first kappa shape index (κ1) is 15.3. The van der Waals surface area contributed by atoms with Gasteiger partial charge < -0.3 is 15.0 Å². The van der Waals surface area contributed by atoms with E-state index in [9.17, 15) is 0 Å². The third-order valence-electron chi connectivity index (χ3n) is 4.54. The lowest BCUT2D eigenvalue weighted by Gasteiger charge is -2.22. The molecule has 2 atom stereocenters. The molecule has 3 rings (SSSR count). The number of hydrogen-bond donors (Lipinski definition) is 1. The van der Waals surface area contributed by atoms with Gasteiger partial charge in [0.15, 0.2) is 5.13 Å². The van der Waals surface area contributed by atoms with Crippen LogP contribution in [0.3, 0.4) is 0 Å². The summed E-state index contributed by atoms with van der Waals surface area (Å²) in [6.45, 7) is 6.43. The minimum Gasteiger partial charge on any atom is -0.384 e. The molecule has 2 aliphatic rings. The number of anilines is 1. The molecule has 1 aliphatic heterocycles. The Bertz CT molecular complexity index is 462. The van der Waals surface area contributed by atoms with Crippen LogP contribution >= 0.6 is 11.3 Å². The van der Waals surface area contributed by atoms with Gasteiger partial charge in [0.1, 0.15) is 0 Å². The van der Waals surface area contributed by atoms with Crippen LogP contribution in [0.15, 0.2) is 0 Å². The van der Waals surface area contributed by atoms with Crippen molar-refractivity contribution in [2.45, 2.75) is 45.1 Å². The van der Waals surface area contributed by atoms with Crippen LogP contribution in [0.4, 0.5) is 5.13 Å². The van der Waals surface area contributed by atoms with Gasteiger partial charge in [0, 0.05) is 31.0 Å². The zero-order valence-electron chi connectivity index (χ0n) is 13.2. The van der Waals surface area contributed by atoms with Gasteiger partial charge in [-0.3, -0.25) is 0 Å². The van der Waals surface area contributed by atoms with Crippen LogP contribution in [0.25, 0.3) is 0 Å². The molecule has 1 fully saturated rings. The Morgan fingerprint density at radius 1 is 1.43 bits per heavy atom. The fourth-order valence-electron chi connectivity index (χ4n) is 3.44. The van der Waals surface area contributed by atoms with E-state index in [2.05, 4.69) is 17.1 Å². The Labute approximate surface area is 131 Å². The topological polar surface area (TPSA) is 37.4 Å². The number of thiazole rings is 1. The summed E-state index contributed by atoms with van der Waals surface area (Å²) >= 11 is 1.92. The molecular formula is C16H27N3OS. The van der Waals surface area contributed by atoms with Crippen molar-refractivity contribution in [3.05, 3.63) is 10.6 Å². The molecule has 1 N–H and O–H groups in total. The lowest BCUT2D eigenvalue weighted by molar-refractivity contribution is 0.161. The zero-order chi connectivity index (χ0) is 14.7. The Morgan fingerprint density at radius 3 is 3.14 bits per heavy atom. The van der Waals surface area contributed by atoms with Crippen molar-refractivity contribution in [2.75, 3.05) is 38.3 Å². The van der Waals surface area contributed by atoms with Gasteiger partial charge in [-0.1, -0.05) is 6.92 Å². The summed E-state index contributed by atoms with van der Waals surface area (Å²) in [6.07, 6.45) is 6.17. The summed E-state index contributed by atoms with van der Waals surface area (Å²) in [5, 5.41) is 4.91. The maximum atomic E-state index is 5.30. The van der Waals surface area contributed by atoms with Crippen molar-refractivity contribution in [1.82, 2.24) is 10.3 Å². The van der Waals surface area contributed by atoms with E-state index < -0.39 is 0 Å². The number of aromatic nitrogens is 1. The minimum absolute atomic E-state index is 0.482. The molecule has 5 heteroatoms. The number of nitrogens with zero attached hydrogens (tertiary/aromatic N) is 2. The molecule has 0 bridgehead atoms. The van der Waals surface area contributed by atoms with Crippen LogP contribution in [0.5, 0.6) is 0 Å². The summed E-state index contributed by atoms with van der Waals surface area (Å²) in [5.41, 5.74) is 1.34. The highest BCUT2D eigenvalue weighted by Gasteiger charge is 2.29. The first-order valence-electron chi connectivity index (χ1n) is 8.28. The van der Waals surface area contributed by atoms with E-state index in [1.54, 1.807) is 7.11 Å². The summed E-state index contributed by atoms with van der Waals surface area (Å²) in [6, 6.07) is 0.482. The summed E-state index contributed by atoms with van der Waals surface area (Å²) < 4.78 is 5.30. The Hall–Kier alpha value is -0.650. The van der Waals surface area contributed by atoms with Gasteiger partial charge in [0.25, 0.3) is 0 Å². The standard InChI is InChI=1S/C16H27N3OS/c1-3-8-17-13-5-4-6-14-15(13)18-16(21-14)19-9-7-12(10-19)11-20-2/h12-13,17H,3-11H2,1-2H3. The molecule has 21 heavy (non-hydrogen) atoms. The maximum absolute atomic E-state index is 5.30. The maximum Gasteiger partial charge on any atom is 0.185 e. The van der Waals surface area contributed by atoms with Crippen molar-refractivity contribution in [3.8, 4) is 0 Å². The van der Waals surface area contributed by atoms with Gasteiger partial charge in [-0.15, -0.1) is 11.3 Å². The van der Waals surface area contributed by atoms with E-state index in [4.69, 9.17) is 9.72 Å². The van der Waals surface area contributed by atoms with Crippen LogP contribution in [0.2, 0.25) is 0 Å². The quantitative estimate of drug-likeness (QED) is 0.876. The highest BCUT2D eigenvalue weighted by Crippen LogP contribution is 2.38. The normalized spacial score (nSPS) is 25.3. The molecule has 1 aromatic heterocycles. The molecule has 4 nitrogen and oxygen atoms in total. The average Bonchev–Trinajstić information content (AvgIpc) is 3.11. The highest BCUT2D eigenvalue weighted by molar-refractivity contribution is 7.15. The van der Waals surface area contributed by atoms with Crippen LogP contribution in [-0.2, 0) is 11.2 Å². The fourth-order valence-corrected chi connectivity index (χ4v) is 4.63. The molecule has 1 saturated heterocycles. The molecule has 0 aromatic carbocycles. The second-order valence-electron chi connectivity index (χ2n) is 6.26. The van der Waals surface area contributed by atoms with Gasteiger partial charge in [-0.2, -0.15) is 0 Å². The van der Waals surface area contributed by atoms with E-state index >= 15 is 0 Å². The predicted octanol–water partition coefficient (Wildman–Crippen LogP) is 2.99. The molecule has 118 valence electrons. The molecule has 0 saturated carbocycles. The molecular weight excluding hydrogens is 282 g/mol. The van der Waals surface area contributed by atoms with Crippen molar-refractivity contribution in [1.29, 1.82) is 0 Å². The van der Waals surface area contributed by atoms with E-state index in [0.717, 1.165) is 26.2 Å². The third-order valence-corrected chi connectivity index (χ3v) is 5.73. The molecule has 2 unspecified atom stereocenters. The van der Waals surface area contributed by atoms with Gasteiger partial charge in [0.2, 0.25) is 0 Å². The Kier molecular flexibility index (Phi) is 5.14. The molecule has 1 aromatic rings. The molecule has 0 amide bonds. The Morgan fingerprint density at radius 2 is 2.33 bits per heavy atom. The van der Waals surface area contributed by atoms with E-state index in [0.29, 0.717) is 12.0 Å². The number of nitrogens with one attached hydrogen (secondary N) is 1. The predicted molar refractivity (Wildman–Crippen MR) is 88.3 cm³/mol. The first-order valence-corrected chi connectivity index (χ1v) is 9.10. The number of methoxy groups -OCH3 is 1. The summed E-state index contributed by atoms with van der Waals surface area (Å²) in [5.74, 6) is 0.671. The number of hydrogen-bond acceptors (Lipinski definition) is 5. The zero-order valence-corrected chi connectivity index (χ0v) is 14.0. The molecule has 2 heterocycles. The molecule has 0 radical (unpaired) electrons. The number of ether oxygens (including phenoxy) is 1. The number of fused-ring (bicyclic) bond motifs is 1. The minimum atomic E-state index is 0.482. The lowest BCUT2D eigenvalue weighted by atomic mass is 9.97. The summed E-state index contributed by atoms with van der Waals surface area (Å²) in [4.78, 5) is 8.98. The van der Waals surface area contributed by atoms with Crippen LogP contribution in [0, 0.1) is 5.92 Å². The van der Waals surface area contributed by atoms with Crippen molar-refractivity contribution in [3.63, 3.8) is 0 Å². The second kappa shape index (κ2) is 7.07. The SMILES string of the molecule is CCCNC1CCCc2sc(N3CCC(COC)C3)nc21. The van der Waals surface area contributed by atoms with E-state index in [-0.39, 0.29) is 0 Å². The van der Waals surface area contributed by atoms with Crippen molar-refractivity contribution >= 4 is 16.5 Å². The number of aryl methyl sites for hydroxylation is 1. The van der Waals surface area contributed by atoms with Crippen LogP contribution in [-0.4, -0.2) is 38.3 Å². The lowest BCUT2D eigenvalue weighted by Crippen LogP contribution is -2.26. The van der Waals surface area contributed by atoms with Gasteiger partial charge in [-0.25, -0.2) is 4.98 Å². The monoisotopic (exact) mass is 309 g/mol. The Balaban J connectivity index is 1.70. The van der Waals surface area contributed by atoms with Crippen LogP contribution < -0.4 is 10.2 Å². The third kappa shape index (κ3) is 3.41. The molecule has 0 spiro atoms. The molecule has 1 aliphatic carbocycles. The second-order valence-corrected chi connectivity index (χ2v) is 7.32. The van der Waals surface area contributed by atoms with Crippen LogP contribution in [0.1, 0.15) is 49.2 Å². The first-order chi connectivity index (χ1) is 10.3. The summed E-state index contributed by atoms with van der Waals surface area (Å²) in [7, 11) is 1.80. The van der Waals surface area contributed by atoms with Gasteiger partial charge in [-0.05, 0) is 38.6 Å². The van der Waals surface area contributed by atoms with E-state index in [1.165, 1.54) is 47.8 Å². The highest BCUT2D eigenvalue weighted by atomic mass is 32.1. The van der Waals surface area contributed by atoms with Crippen molar-refractivity contribution < 1.29 is 4.74 Å². The van der Waals surface area contributed by atoms with E-state index in [1.807, 2.05) is 11.3 Å². The largest absolute Gasteiger partial charge is 0.384 e. The number of rotatable bonds is 6. The van der Waals surface area contributed by atoms with Gasteiger partial charge in [0.05, 0.1) is 18.3 Å². The van der Waals surface area contributed by atoms with Gasteiger partial charge >= 0.3 is 0 Å². The smallest absolute Gasteiger partial charge is 0.185 e. The fraction of sp³-hybridized carbons (Fsp3) is 0.812.